The molecule has 80 valence electrons. The summed E-state index contributed by atoms with van der Waals surface area (Å²) in [5, 5.41) is 11.6. The molecule has 0 saturated carbocycles. The van der Waals surface area contributed by atoms with E-state index in [4.69, 9.17) is 14.7 Å². The van der Waals surface area contributed by atoms with Gasteiger partial charge in [-0.3, -0.25) is 0 Å². The Labute approximate surface area is 88.1 Å². The lowest BCUT2D eigenvalue weighted by molar-refractivity contribution is 0.174. The Kier molecular flexibility index (Phi) is 2.76. The van der Waals surface area contributed by atoms with Gasteiger partial charge in [-0.2, -0.15) is 0 Å². The van der Waals surface area contributed by atoms with E-state index in [0.717, 1.165) is 35.6 Å². The zero-order chi connectivity index (χ0) is 10.7. The zero-order valence-corrected chi connectivity index (χ0v) is 8.56. The van der Waals surface area contributed by atoms with Crippen molar-refractivity contribution < 1.29 is 14.7 Å². The van der Waals surface area contributed by atoms with Gasteiger partial charge >= 0.3 is 0 Å². The third kappa shape index (κ3) is 2.21. The molecule has 0 bridgehead atoms. The fourth-order valence-corrected chi connectivity index (χ4v) is 1.47. The van der Waals surface area contributed by atoms with Crippen molar-refractivity contribution >= 4 is 5.71 Å². The van der Waals surface area contributed by atoms with E-state index in [1.807, 2.05) is 18.2 Å². The maximum atomic E-state index is 8.51. The number of hydrogen-bond donors (Lipinski definition) is 1. The molecule has 0 aliphatic carbocycles. The number of benzene rings is 1. The molecule has 2 rings (SSSR count). The summed E-state index contributed by atoms with van der Waals surface area (Å²) >= 11 is 0. The number of aryl methyl sites for hydroxylation is 1. The van der Waals surface area contributed by atoms with Crippen LogP contribution in [0.25, 0.3) is 0 Å². The molecule has 1 aliphatic heterocycles. The topological polar surface area (TPSA) is 51.0 Å². The van der Waals surface area contributed by atoms with E-state index in [9.17, 15) is 0 Å². The average Bonchev–Trinajstić information content (AvgIpc) is 2.72. The summed E-state index contributed by atoms with van der Waals surface area (Å²) < 4.78 is 10.5. The summed E-state index contributed by atoms with van der Waals surface area (Å²) in [6.45, 7) is 2.10. The summed E-state index contributed by atoms with van der Waals surface area (Å²) in [6, 6.07) is 5.87. The van der Waals surface area contributed by atoms with E-state index in [-0.39, 0.29) is 0 Å². The Hall–Kier alpha value is -1.71. The van der Waals surface area contributed by atoms with Crippen molar-refractivity contribution in [2.45, 2.75) is 19.8 Å². The average molecular weight is 207 g/mol. The van der Waals surface area contributed by atoms with Crippen molar-refractivity contribution in [3.63, 3.8) is 0 Å². The summed E-state index contributed by atoms with van der Waals surface area (Å²) in [7, 11) is 0. The molecule has 0 atom stereocenters. The minimum atomic E-state index is 0.302. The van der Waals surface area contributed by atoms with Crippen LogP contribution in [0.3, 0.4) is 0 Å². The third-order valence-electron chi connectivity index (χ3n) is 2.38. The highest BCUT2D eigenvalue weighted by molar-refractivity contribution is 5.81. The van der Waals surface area contributed by atoms with Gasteiger partial charge in [0, 0.05) is 0 Å². The lowest BCUT2D eigenvalue weighted by atomic mass is 10.1. The van der Waals surface area contributed by atoms with Gasteiger partial charge < -0.3 is 14.7 Å². The Morgan fingerprint density at radius 3 is 3.00 bits per heavy atom. The number of ether oxygens (including phenoxy) is 2. The Bertz CT molecular complexity index is 387. The smallest absolute Gasteiger partial charge is 0.231 e. The summed E-state index contributed by atoms with van der Waals surface area (Å²) in [5.41, 5.74) is 1.88. The minimum absolute atomic E-state index is 0.302. The Balaban J connectivity index is 2.04. The van der Waals surface area contributed by atoms with Crippen LogP contribution in [0.15, 0.2) is 23.4 Å². The maximum absolute atomic E-state index is 8.51. The van der Waals surface area contributed by atoms with Crippen molar-refractivity contribution in [3.8, 4) is 11.5 Å². The molecule has 1 aromatic carbocycles. The number of oxime groups is 1. The van der Waals surface area contributed by atoms with Gasteiger partial charge in [-0.15, -0.1) is 0 Å². The molecule has 1 aromatic rings. The van der Waals surface area contributed by atoms with E-state index in [0.29, 0.717) is 6.79 Å². The van der Waals surface area contributed by atoms with Crippen LogP contribution in [0.4, 0.5) is 0 Å². The summed E-state index contributed by atoms with van der Waals surface area (Å²) in [4.78, 5) is 0. The monoisotopic (exact) mass is 207 g/mol. The van der Waals surface area contributed by atoms with Gasteiger partial charge in [-0.1, -0.05) is 11.2 Å². The first-order chi connectivity index (χ1) is 7.29. The number of hydrogen-bond acceptors (Lipinski definition) is 4. The molecule has 0 saturated heterocycles. The lowest BCUT2D eigenvalue weighted by Gasteiger charge is -2.02. The molecule has 4 heteroatoms. The fourth-order valence-electron chi connectivity index (χ4n) is 1.47. The predicted octanol–water partition coefficient (Wildman–Crippen LogP) is 2.20. The molecule has 0 unspecified atom stereocenters. The summed E-state index contributed by atoms with van der Waals surface area (Å²) in [5.74, 6) is 1.59. The second-order valence-corrected chi connectivity index (χ2v) is 3.52. The molecular formula is C11H13NO3. The van der Waals surface area contributed by atoms with Gasteiger partial charge in [0.1, 0.15) is 0 Å². The molecule has 0 spiro atoms. The van der Waals surface area contributed by atoms with E-state index in [1.165, 1.54) is 0 Å². The van der Waals surface area contributed by atoms with Crippen LogP contribution < -0.4 is 9.47 Å². The van der Waals surface area contributed by atoms with Crippen LogP contribution in [0.1, 0.15) is 18.9 Å². The normalized spacial score (nSPS) is 14.3. The first kappa shape index (κ1) is 9.83. The first-order valence-corrected chi connectivity index (χ1v) is 4.85. The van der Waals surface area contributed by atoms with Gasteiger partial charge in [-0.25, -0.2) is 0 Å². The second-order valence-electron chi connectivity index (χ2n) is 3.52. The highest BCUT2D eigenvalue weighted by Gasteiger charge is 2.12. The van der Waals surface area contributed by atoms with Gasteiger partial charge in [-0.05, 0) is 37.5 Å². The highest BCUT2D eigenvalue weighted by atomic mass is 16.7. The molecular weight excluding hydrogens is 194 g/mol. The van der Waals surface area contributed by atoms with Gasteiger partial charge in [0.2, 0.25) is 6.79 Å². The largest absolute Gasteiger partial charge is 0.454 e. The molecule has 4 nitrogen and oxygen atoms in total. The molecule has 1 heterocycles. The van der Waals surface area contributed by atoms with Crippen molar-refractivity contribution in [2.75, 3.05) is 6.79 Å². The third-order valence-corrected chi connectivity index (χ3v) is 2.38. The quantitative estimate of drug-likeness (QED) is 0.469. The van der Waals surface area contributed by atoms with Crippen molar-refractivity contribution in [3.05, 3.63) is 23.8 Å². The molecule has 1 N–H and O–H groups in total. The molecule has 0 amide bonds. The lowest BCUT2D eigenvalue weighted by Crippen LogP contribution is -1.95. The van der Waals surface area contributed by atoms with Gasteiger partial charge in [0.05, 0.1) is 5.71 Å². The SMILES string of the molecule is C/C(CCc1ccc2c(c1)OCO2)=N\O. The Morgan fingerprint density at radius 1 is 1.40 bits per heavy atom. The van der Waals surface area contributed by atoms with Crippen LogP contribution in [0.5, 0.6) is 11.5 Å². The van der Waals surface area contributed by atoms with Crippen LogP contribution >= 0.6 is 0 Å². The standard InChI is InChI=1S/C11H13NO3/c1-8(12-13)2-3-9-4-5-10-11(6-9)15-7-14-10/h4-6,13H,2-3,7H2,1H3/b12-8+. The molecule has 0 aromatic heterocycles. The van der Waals surface area contributed by atoms with E-state index >= 15 is 0 Å². The second kappa shape index (κ2) is 4.21. The van der Waals surface area contributed by atoms with E-state index in [1.54, 1.807) is 6.92 Å². The van der Waals surface area contributed by atoms with Crippen molar-refractivity contribution in [1.29, 1.82) is 0 Å². The van der Waals surface area contributed by atoms with E-state index in [2.05, 4.69) is 5.16 Å². The van der Waals surface area contributed by atoms with Crippen molar-refractivity contribution in [1.82, 2.24) is 0 Å². The number of fused-ring (bicyclic) bond motifs is 1. The van der Waals surface area contributed by atoms with Crippen LogP contribution in [-0.4, -0.2) is 17.7 Å². The highest BCUT2D eigenvalue weighted by Crippen LogP contribution is 2.32. The van der Waals surface area contributed by atoms with Crippen LogP contribution in [-0.2, 0) is 6.42 Å². The van der Waals surface area contributed by atoms with Crippen LogP contribution in [0.2, 0.25) is 0 Å². The number of rotatable bonds is 3. The molecule has 0 radical (unpaired) electrons. The van der Waals surface area contributed by atoms with Crippen LogP contribution in [0, 0.1) is 0 Å². The number of nitrogens with zero attached hydrogens (tertiary/aromatic N) is 1. The summed E-state index contributed by atoms with van der Waals surface area (Å²) in [6.07, 6.45) is 1.59. The fraction of sp³-hybridized carbons (Fsp3) is 0.364. The van der Waals surface area contributed by atoms with E-state index < -0.39 is 0 Å². The predicted molar refractivity (Wildman–Crippen MR) is 55.8 cm³/mol. The van der Waals surface area contributed by atoms with Crippen molar-refractivity contribution in [2.24, 2.45) is 5.16 Å². The molecule has 0 fully saturated rings. The molecule has 1 aliphatic rings. The maximum Gasteiger partial charge on any atom is 0.231 e. The van der Waals surface area contributed by atoms with Gasteiger partial charge in [0.15, 0.2) is 11.5 Å². The minimum Gasteiger partial charge on any atom is -0.454 e. The van der Waals surface area contributed by atoms with Gasteiger partial charge in [0.25, 0.3) is 0 Å². The first-order valence-electron chi connectivity index (χ1n) is 4.85. The zero-order valence-electron chi connectivity index (χ0n) is 8.56. The molecule has 15 heavy (non-hydrogen) atoms. The Morgan fingerprint density at radius 2 is 2.20 bits per heavy atom.